The highest BCUT2D eigenvalue weighted by molar-refractivity contribution is 7.91. The number of rotatable bonds is 15. The summed E-state index contributed by atoms with van der Waals surface area (Å²) in [6.45, 7) is 4.10. The summed E-state index contributed by atoms with van der Waals surface area (Å²) in [5, 5.41) is 7.21. The lowest BCUT2D eigenvalue weighted by molar-refractivity contribution is -0.118. The van der Waals surface area contributed by atoms with Crippen LogP contribution in [0.5, 0.6) is 5.75 Å². The minimum absolute atomic E-state index is 0.0683. The van der Waals surface area contributed by atoms with Crippen molar-refractivity contribution in [2.24, 2.45) is 0 Å². The lowest BCUT2D eigenvalue weighted by Gasteiger charge is -2.32. The average molecular weight is 849 g/mol. The van der Waals surface area contributed by atoms with Crippen molar-refractivity contribution < 1.29 is 68.7 Å². The van der Waals surface area contributed by atoms with Gasteiger partial charge in [-0.2, -0.15) is 8.62 Å². The predicted octanol–water partition coefficient (Wildman–Crippen LogP) is 6.09. The van der Waals surface area contributed by atoms with E-state index in [1.807, 2.05) is 30.3 Å². The van der Waals surface area contributed by atoms with Crippen molar-refractivity contribution in [1.29, 1.82) is 0 Å². The predicted molar refractivity (Wildman–Crippen MR) is 203 cm³/mol. The lowest BCUT2D eigenvalue weighted by atomic mass is 9.94. The summed E-state index contributed by atoms with van der Waals surface area (Å²) in [5.74, 6) is -0.695. The lowest BCUT2D eigenvalue weighted by Crippen LogP contribution is -2.42. The SMILES string of the molecule is C=C1NC(=O)C(C)=CN1[C@H]1C[C@@H](OP(=O)(O)OP(=O)(O)OP(=O)(O)OCCS(=O)(=O)c2ccc3ccc4cccc5ccc2c3c45)[C@@H](COc2ccccc2)O1. The standard InChI is InChI=1S/C35H35N2O15P3S/c1-22-20-37(23(2)36-35(22)38)32-19-29(30(49-32)21-47-27-9-4-3-5-10-27)50-54(41,42)52-55(43,44)51-53(39,40)48-17-18-56(45,46)31-16-14-26-12-11-24-7-6-8-25-13-15-28(31)34(26)33(24)25/h3-16,20,29-30,32H,2,17-19,21H2,1H3,(H,36,38)(H,39,40)(H,41,42)(H,43,44)/t29-,30-,32-/m1/s1. The Morgan fingerprint density at radius 1 is 0.857 bits per heavy atom. The smallest absolute Gasteiger partial charge is 0.490 e. The van der Waals surface area contributed by atoms with Crippen LogP contribution in [0.3, 0.4) is 0 Å². The van der Waals surface area contributed by atoms with Crippen molar-refractivity contribution in [1.82, 2.24) is 10.2 Å². The maximum absolute atomic E-state index is 13.5. The Bertz CT molecular complexity index is 2610. The summed E-state index contributed by atoms with van der Waals surface area (Å²) in [7, 11) is -21.3. The van der Waals surface area contributed by atoms with Crippen LogP contribution in [0.4, 0.5) is 0 Å². The number of benzene rings is 5. The van der Waals surface area contributed by atoms with E-state index in [-0.39, 0.29) is 23.7 Å². The van der Waals surface area contributed by atoms with Gasteiger partial charge in [0.2, 0.25) is 0 Å². The number of amides is 1. The monoisotopic (exact) mass is 848 g/mol. The Kier molecular flexibility index (Phi) is 11.1. The number of nitrogens with one attached hydrogen (secondary N) is 1. The molecule has 0 bridgehead atoms. The quantitative estimate of drug-likeness (QED) is 0.0689. The van der Waals surface area contributed by atoms with Crippen molar-refractivity contribution in [3.63, 3.8) is 0 Å². The van der Waals surface area contributed by atoms with E-state index in [1.54, 1.807) is 55.5 Å². The number of phosphoric ester groups is 2. The molecule has 0 saturated carbocycles. The summed E-state index contributed by atoms with van der Waals surface area (Å²) in [5.41, 5.74) is 0.303. The summed E-state index contributed by atoms with van der Waals surface area (Å²) < 4.78 is 95.7. The molecule has 56 heavy (non-hydrogen) atoms. The first-order valence-electron chi connectivity index (χ1n) is 16.8. The van der Waals surface area contributed by atoms with E-state index in [2.05, 4.69) is 20.5 Å². The number of para-hydroxylation sites is 1. The van der Waals surface area contributed by atoms with Gasteiger partial charge in [0.1, 0.15) is 36.6 Å². The number of nitrogens with zero attached hydrogens (tertiary/aromatic N) is 1. The largest absolute Gasteiger partial charge is 0.491 e. The zero-order valence-electron chi connectivity index (χ0n) is 29.4. The maximum atomic E-state index is 13.5. The summed E-state index contributed by atoms with van der Waals surface area (Å²) >= 11 is 0. The molecular formula is C35H35N2O15P3S. The highest BCUT2D eigenvalue weighted by Crippen LogP contribution is 2.68. The molecular weight excluding hydrogens is 813 g/mol. The van der Waals surface area contributed by atoms with Gasteiger partial charge in [-0.3, -0.25) is 13.8 Å². The molecule has 1 amide bonds. The maximum Gasteiger partial charge on any atom is 0.490 e. The average Bonchev–Trinajstić information content (AvgIpc) is 3.51. The molecule has 4 N–H and O–H groups in total. The zero-order valence-corrected chi connectivity index (χ0v) is 32.9. The molecule has 2 heterocycles. The van der Waals surface area contributed by atoms with Crippen LogP contribution in [0, 0.1) is 0 Å². The molecule has 0 aliphatic carbocycles. The number of hydrogen-bond acceptors (Lipinski definition) is 13. The minimum atomic E-state index is -5.93. The van der Waals surface area contributed by atoms with Crippen LogP contribution in [0.2, 0.25) is 0 Å². The molecule has 17 nitrogen and oxygen atoms in total. The van der Waals surface area contributed by atoms with Gasteiger partial charge in [0, 0.05) is 23.6 Å². The second kappa shape index (κ2) is 15.4. The van der Waals surface area contributed by atoms with Crippen LogP contribution in [0.25, 0.3) is 32.3 Å². The van der Waals surface area contributed by atoms with E-state index in [0.717, 1.165) is 26.9 Å². The van der Waals surface area contributed by atoms with Crippen LogP contribution >= 0.6 is 23.5 Å². The van der Waals surface area contributed by atoms with E-state index < -0.39 is 70.0 Å². The van der Waals surface area contributed by atoms with Gasteiger partial charge in [-0.25, -0.2) is 22.1 Å². The molecule has 0 radical (unpaired) electrons. The summed E-state index contributed by atoms with van der Waals surface area (Å²) in [4.78, 5) is 44.5. The fourth-order valence-electron chi connectivity index (χ4n) is 6.57. The third-order valence-corrected chi connectivity index (χ3v) is 15.1. The molecule has 5 aromatic carbocycles. The number of hydrogen-bond donors (Lipinski definition) is 4. The molecule has 5 aromatic rings. The van der Waals surface area contributed by atoms with Gasteiger partial charge < -0.3 is 34.4 Å². The number of ether oxygens (including phenoxy) is 2. The normalized spacial score (nSPS) is 22.5. The van der Waals surface area contributed by atoms with Crippen molar-refractivity contribution in [2.45, 2.75) is 36.7 Å². The van der Waals surface area contributed by atoms with Crippen molar-refractivity contribution >= 4 is 71.5 Å². The van der Waals surface area contributed by atoms with Crippen LogP contribution in [0.15, 0.2) is 114 Å². The molecule has 1 fully saturated rings. The molecule has 21 heteroatoms. The molecule has 2 aliphatic rings. The van der Waals surface area contributed by atoms with E-state index in [1.165, 1.54) is 17.2 Å². The zero-order chi connectivity index (χ0) is 40.0. The van der Waals surface area contributed by atoms with Gasteiger partial charge in [-0.15, -0.1) is 0 Å². The number of carbonyl (C=O) groups excluding carboxylic acids is 1. The Labute approximate surface area is 320 Å². The molecule has 6 atom stereocenters. The molecule has 1 saturated heterocycles. The van der Waals surface area contributed by atoms with E-state index in [4.69, 9.17) is 18.5 Å². The van der Waals surface area contributed by atoms with E-state index in [9.17, 15) is 41.6 Å². The van der Waals surface area contributed by atoms with Gasteiger partial charge in [0.25, 0.3) is 5.91 Å². The molecule has 3 unspecified atom stereocenters. The molecule has 0 aromatic heterocycles. The number of phosphoric acid groups is 3. The third kappa shape index (κ3) is 8.77. The number of sulfone groups is 1. The van der Waals surface area contributed by atoms with Crippen LogP contribution in [-0.2, 0) is 50.7 Å². The second-order valence-corrected chi connectivity index (χ2v) is 19.6. The van der Waals surface area contributed by atoms with Crippen molar-refractivity contribution in [3.8, 4) is 5.75 Å². The fourth-order valence-corrected chi connectivity index (χ4v) is 11.7. The molecule has 7 rings (SSSR count). The Morgan fingerprint density at radius 3 is 2.21 bits per heavy atom. The van der Waals surface area contributed by atoms with Crippen molar-refractivity contribution in [3.05, 3.63) is 109 Å². The van der Waals surface area contributed by atoms with Gasteiger partial charge in [-0.1, -0.05) is 73.3 Å². The fraction of sp³-hybridized carbons (Fsp3) is 0.229. The summed E-state index contributed by atoms with van der Waals surface area (Å²) in [6, 6.07) is 24.5. The Hall–Kier alpha value is -3.99. The molecule has 0 spiro atoms. The first-order chi connectivity index (χ1) is 26.4. The van der Waals surface area contributed by atoms with E-state index >= 15 is 0 Å². The third-order valence-electron chi connectivity index (χ3n) is 9.02. The van der Waals surface area contributed by atoms with Crippen LogP contribution < -0.4 is 10.1 Å². The molecule has 296 valence electrons. The second-order valence-electron chi connectivity index (χ2n) is 12.9. The Morgan fingerprint density at radius 2 is 1.50 bits per heavy atom. The molecule has 2 aliphatic heterocycles. The first kappa shape index (κ1) is 40.2. The van der Waals surface area contributed by atoms with Crippen molar-refractivity contribution in [2.75, 3.05) is 19.0 Å². The first-order valence-corrected chi connectivity index (χ1v) is 23.0. The summed E-state index contributed by atoms with van der Waals surface area (Å²) in [6.07, 6.45) is -2.14. The van der Waals surface area contributed by atoms with Gasteiger partial charge in [0.15, 0.2) is 9.84 Å². The minimum Gasteiger partial charge on any atom is -0.491 e. The van der Waals surface area contributed by atoms with Gasteiger partial charge in [-0.05, 0) is 52.1 Å². The highest BCUT2D eigenvalue weighted by Gasteiger charge is 2.48. The van der Waals surface area contributed by atoms with E-state index in [0.29, 0.717) is 16.7 Å². The number of carbonyl (C=O) groups is 1. The Balaban J connectivity index is 1.000. The van der Waals surface area contributed by atoms with Gasteiger partial charge >= 0.3 is 23.5 Å². The highest BCUT2D eigenvalue weighted by atomic mass is 32.2. The van der Waals surface area contributed by atoms with Crippen LogP contribution in [0.1, 0.15) is 13.3 Å². The topological polar surface area (TPSA) is 234 Å². The van der Waals surface area contributed by atoms with Gasteiger partial charge in [0.05, 0.1) is 17.3 Å². The van der Waals surface area contributed by atoms with Crippen LogP contribution in [-0.4, -0.2) is 71.3 Å².